The lowest BCUT2D eigenvalue weighted by atomic mass is 10.1. The lowest BCUT2D eigenvalue weighted by molar-refractivity contribution is -0.157. The number of carbonyl (C=O) groups excluding carboxylic acids is 4. The van der Waals surface area contributed by atoms with Gasteiger partial charge < -0.3 is 26.2 Å². The molecule has 2 aliphatic rings. The zero-order valence-corrected chi connectivity index (χ0v) is 26.2. The van der Waals surface area contributed by atoms with Gasteiger partial charge in [-0.2, -0.15) is 0 Å². The molecule has 0 spiro atoms. The van der Waals surface area contributed by atoms with Crippen molar-refractivity contribution >= 4 is 74.2 Å². The molecule has 3 heterocycles. The van der Waals surface area contributed by atoms with Crippen LogP contribution in [0.25, 0.3) is 10.2 Å². The third-order valence-corrected chi connectivity index (χ3v) is 9.69. The van der Waals surface area contributed by atoms with Gasteiger partial charge in [-0.05, 0) is 68.4 Å². The van der Waals surface area contributed by atoms with Crippen LogP contribution in [0.5, 0.6) is 0 Å². The van der Waals surface area contributed by atoms with E-state index in [9.17, 15) is 19.2 Å². The lowest BCUT2D eigenvalue weighted by Gasteiger charge is -2.38. The molecular formula is C30H33Cl2N7O4S. The molecule has 232 valence electrons. The number of nitrogens with one attached hydrogen (secondary N) is 3. The zero-order valence-electron chi connectivity index (χ0n) is 23.9. The van der Waals surface area contributed by atoms with Crippen LogP contribution in [-0.4, -0.2) is 82.0 Å². The van der Waals surface area contributed by atoms with Crippen LogP contribution >= 0.6 is 34.5 Å². The number of Topliss-reactive ketones (excluding diaryl/α,β-unsaturated/α-hetero) is 1. The molecule has 0 bridgehead atoms. The van der Waals surface area contributed by atoms with Gasteiger partial charge in [0.25, 0.3) is 0 Å². The highest BCUT2D eigenvalue weighted by atomic mass is 35.5. The summed E-state index contributed by atoms with van der Waals surface area (Å²) in [5.41, 5.74) is 7.06. The molecular weight excluding hydrogens is 625 g/mol. The van der Waals surface area contributed by atoms with Crippen molar-refractivity contribution in [2.45, 2.75) is 56.7 Å². The molecule has 44 heavy (non-hydrogen) atoms. The minimum Gasteiger partial charge on any atom is -0.370 e. The smallest absolute Gasteiger partial charge is 0.245 e. The van der Waals surface area contributed by atoms with Gasteiger partial charge in [0, 0.05) is 13.1 Å². The number of nitrogens with zero attached hydrogens (tertiary/aromatic N) is 3. The number of aromatic nitrogens is 1. The first-order chi connectivity index (χ1) is 21.1. The van der Waals surface area contributed by atoms with Crippen molar-refractivity contribution in [3.8, 4) is 0 Å². The fraction of sp³-hybridized carbons (Fsp3) is 0.400. The molecule has 2 aromatic carbocycles. The first-order valence-corrected chi connectivity index (χ1v) is 16.0. The van der Waals surface area contributed by atoms with Crippen molar-refractivity contribution in [3.63, 3.8) is 0 Å². The van der Waals surface area contributed by atoms with Crippen molar-refractivity contribution in [1.29, 1.82) is 5.41 Å². The van der Waals surface area contributed by atoms with Crippen molar-refractivity contribution in [2.24, 2.45) is 5.73 Å². The number of thiazole rings is 1. The number of hydrogen-bond acceptors (Lipinski definition) is 7. The van der Waals surface area contributed by atoms with E-state index >= 15 is 0 Å². The summed E-state index contributed by atoms with van der Waals surface area (Å²) in [6, 6.07) is 10.4. The number of rotatable bonds is 12. The van der Waals surface area contributed by atoms with Crippen LogP contribution in [0.1, 0.15) is 47.5 Å². The fourth-order valence-electron chi connectivity index (χ4n) is 5.74. The molecule has 14 heteroatoms. The van der Waals surface area contributed by atoms with Gasteiger partial charge in [0.1, 0.15) is 12.1 Å². The standard InChI is InChI=1S/C30H33Cl2N7O4S/c31-18-10-9-17(15-19(18)32)5-4-14-38-16-25(40)39-22(11-12-23(39)29(38)43)27(42)36-21(7-3-13-35-30(33)34)26(41)28-37-20-6-1-2-8-24(20)44-28/h1-2,6,8-10,15,21-23H,3-5,7,11-14,16H2,(H,36,42)(H4,33,34,35)/t21?,22-,23-/m0/s1. The summed E-state index contributed by atoms with van der Waals surface area (Å²) in [5, 5.41) is 14.1. The fourth-order valence-corrected chi connectivity index (χ4v) is 7.02. The molecule has 11 nitrogen and oxygen atoms in total. The van der Waals surface area contributed by atoms with Gasteiger partial charge in [0.05, 0.1) is 32.8 Å². The second kappa shape index (κ2) is 13.9. The van der Waals surface area contributed by atoms with Crippen LogP contribution in [-0.2, 0) is 20.8 Å². The average Bonchev–Trinajstić information content (AvgIpc) is 3.64. The third kappa shape index (κ3) is 7.14. The van der Waals surface area contributed by atoms with Gasteiger partial charge in [-0.3, -0.25) is 24.6 Å². The van der Waals surface area contributed by atoms with E-state index in [1.807, 2.05) is 30.3 Å². The first-order valence-electron chi connectivity index (χ1n) is 14.4. The molecule has 1 aromatic heterocycles. The van der Waals surface area contributed by atoms with Crippen LogP contribution in [0.2, 0.25) is 10.0 Å². The minimum absolute atomic E-state index is 0.106. The largest absolute Gasteiger partial charge is 0.370 e. The van der Waals surface area contributed by atoms with Crippen molar-refractivity contribution in [2.75, 3.05) is 19.6 Å². The van der Waals surface area contributed by atoms with Crippen LogP contribution in [0.3, 0.4) is 0 Å². The predicted octanol–water partition coefficient (Wildman–Crippen LogP) is 3.37. The summed E-state index contributed by atoms with van der Waals surface area (Å²) in [6.07, 6.45) is 2.72. The van der Waals surface area contributed by atoms with Gasteiger partial charge >= 0.3 is 0 Å². The van der Waals surface area contributed by atoms with Gasteiger partial charge in [-0.25, -0.2) is 4.98 Å². The van der Waals surface area contributed by atoms with E-state index in [1.54, 1.807) is 17.0 Å². The Bertz CT molecular complexity index is 1570. The monoisotopic (exact) mass is 657 g/mol. The summed E-state index contributed by atoms with van der Waals surface area (Å²) in [7, 11) is 0. The van der Waals surface area contributed by atoms with E-state index in [-0.39, 0.29) is 41.5 Å². The van der Waals surface area contributed by atoms with Gasteiger partial charge in [-0.1, -0.05) is 41.4 Å². The van der Waals surface area contributed by atoms with Crippen molar-refractivity contribution in [1.82, 2.24) is 25.4 Å². The summed E-state index contributed by atoms with van der Waals surface area (Å²) >= 11 is 13.4. The summed E-state index contributed by atoms with van der Waals surface area (Å²) < 4.78 is 0.858. The number of guanidine groups is 1. The maximum Gasteiger partial charge on any atom is 0.245 e. The SMILES string of the molecule is N=C(N)NCCCC(NC(=O)[C@@H]1CC[C@H]2C(=O)N(CCCc3ccc(Cl)c(Cl)c3)CC(=O)N12)C(=O)c1nc2ccccc2s1. The summed E-state index contributed by atoms with van der Waals surface area (Å²) in [5.74, 6) is -1.45. The first kappa shape index (κ1) is 31.7. The molecule has 1 unspecified atom stereocenters. The number of fused-ring (bicyclic) bond motifs is 2. The van der Waals surface area contributed by atoms with Crippen molar-refractivity contribution in [3.05, 3.63) is 63.1 Å². The molecule has 3 aromatic rings. The summed E-state index contributed by atoms with van der Waals surface area (Å²) in [4.78, 5) is 61.2. The Morgan fingerprint density at radius 3 is 2.66 bits per heavy atom. The van der Waals surface area contributed by atoms with Crippen LogP contribution < -0.4 is 16.4 Å². The summed E-state index contributed by atoms with van der Waals surface area (Å²) in [6.45, 7) is 0.644. The number of halogens is 2. The van der Waals surface area contributed by atoms with Crippen molar-refractivity contribution < 1.29 is 19.2 Å². The molecule has 2 saturated heterocycles. The molecule has 0 aliphatic carbocycles. The van der Waals surface area contributed by atoms with Crippen LogP contribution in [0, 0.1) is 5.41 Å². The minimum atomic E-state index is -0.899. The highest BCUT2D eigenvalue weighted by molar-refractivity contribution is 7.20. The van der Waals surface area contributed by atoms with E-state index in [0.717, 1.165) is 10.3 Å². The number of aryl methyl sites for hydroxylation is 1. The highest BCUT2D eigenvalue weighted by Gasteiger charge is 2.49. The molecule has 5 rings (SSSR count). The number of piperazine rings is 1. The van der Waals surface area contributed by atoms with E-state index in [0.29, 0.717) is 60.8 Å². The van der Waals surface area contributed by atoms with Gasteiger partial charge in [-0.15, -0.1) is 11.3 Å². The van der Waals surface area contributed by atoms with E-state index in [1.165, 1.54) is 16.2 Å². The number of hydrogen-bond donors (Lipinski definition) is 4. The molecule has 5 N–H and O–H groups in total. The maximum atomic E-state index is 13.6. The van der Waals surface area contributed by atoms with Gasteiger partial charge in [0.15, 0.2) is 11.0 Å². The number of benzene rings is 2. The average molecular weight is 659 g/mol. The number of ketones is 1. The Morgan fingerprint density at radius 2 is 1.91 bits per heavy atom. The normalized spacial score (nSPS) is 18.8. The molecule has 2 fully saturated rings. The highest BCUT2D eigenvalue weighted by Crippen LogP contribution is 2.30. The third-order valence-electron chi connectivity index (χ3n) is 7.90. The Kier molecular flexibility index (Phi) is 10.0. The van der Waals surface area contributed by atoms with E-state index in [2.05, 4.69) is 15.6 Å². The Morgan fingerprint density at radius 1 is 1.11 bits per heavy atom. The second-order valence-corrected chi connectivity index (χ2v) is 12.8. The maximum absolute atomic E-state index is 13.6. The number of carbonyl (C=O) groups is 4. The Hall–Kier alpha value is -3.74. The zero-order chi connectivity index (χ0) is 31.4. The molecule has 0 saturated carbocycles. The number of para-hydroxylation sites is 1. The topological polar surface area (TPSA) is 162 Å². The molecule has 3 amide bonds. The second-order valence-electron chi connectivity index (χ2n) is 10.9. The van der Waals surface area contributed by atoms with E-state index in [4.69, 9.17) is 34.3 Å². The Labute approximate surface area is 268 Å². The van der Waals surface area contributed by atoms with Crippen LogP contribution in [0.15, 0.2) is 42.5 Å². The Balaban J connectivity index is 1.23. The van der Waals surface area contributed by atoms with E-state index < -0.39 is 24.0 Å². The predicted molar refractivity (Wildman–Crippen MR) is 170 cm³/mol. The molecule has 0 radical (unpaired) electrons. The van der Waals surface area contributed by atoms with Crippen LogP contribution in [0.4, 0.5) is 0 Å². The molecule has 2 aliphatic heterocycles. The van der Waals surface area contributed by atoms with Gasteiger partial charge in [0.2, 0.25) is 23.5 Å². The quantitative estimate of drug-likeness (QED) is 0.100. The molecule has 3 atom stereocenters. The number of nitrogens with two attached hydrogens (primary N) is 1. The number of amides is 3. The lowest BCUT2D eigenvalue weighted by Crippen LogP contribution is -2.62.